The van der Waals surface area contributed by atoms with Gasteiger partial charge >= 0.3 is 0 Å². The van der Waals surface area contributed by atoms with Crippen LogP contribution in [0.5, 0.6) is 0 Å². The highest BCUT2D eigenvalue weighted by atomic mass is 14.7. The van der Waals surface area contributed by atoms with Crippen molar-refractivity contribution in [2.24, 2.45) is 5.73 Å². The molecular weight excluding hydrogens is 134 g/mol. The Labute approximate surface area is 70.4 Å². The van der Waals surface area contributed by atoms with Gasteiger partial charge in [0.2, 0.25) is 0 Å². The zero-order chi connectivity index (χ0) is 8.16. The Balaban J connectivity index is 2.31. The molecule has 0 aromatic rings. The molecule has 1 aliphatic rings. The van der Waals surface area contributed by atoms with Crippen LogP contribution in [0.1, 0.15) is 58.3 Å². The molecule has 0 atom stereocenters. The Hall–Kier alpha value is -0.0400. The fourth-order valence-electron chi connectivity index (χ4n) is 1.89. The largest absolute Gasteiger partial charge is 0.325 e. The third-order valence-corrected chi connectivity index (χ3v) is 2.75. The first-order valence-electron chi connectivity index (χ1n) is 5.00. The highest BCUT2D eigenvalue weighted by molar-refractivity contribution is 4.78. The van der Waals surface area contributed by atoms with Crippen LogP contribution in [0.25, 0.3) is 0 Å². The molecule has 0 unspecified atom stereocenters. The van der Waals surface area contributed by atoms with E-state index in [9.17, 15) is 0 Å². The third kappa shape index (κ3) is 3.76. The summed E-state index contributed by atoms with van der Waals surface area (Å²) in [6.45, 7) is 2.21. The maximum absolute atomic E-state index is 6.12. The van der Waals surface area contributed by atoms with Crippen molar-refractivity contribution in [3.05, 3.63) is 0 Å². The lowest BCUT2D eigenvalue weighted by atomic mass is 9.91. The molecule has 0 aromatic carbocycles. The number of hydrogen-bond donors (Lipinski definition) is 1. The second-order valence-corrected chi connectivity index (χ2v) is 4.28. The van der Waals surface area contributed by atoms with Gasteiger partial charge in [0.25, 0.3) is 0 Å². The Kier molecular flexibility index (Phi) is 3.38. The van der Waals surface area contributed by atoms with Gasteiger partial charge in [-0.3, -0.25) is 0 Å². The fourth-order valence-corrected chi connectivity index (χ4v) is 1.89. The normalized spacial score (nSPS) is 26.7. The molecule has 0 amide bonds. The first-order chi connectivity index (χ1) is 5.21. The van der Waals surface area contributed by atoms with Crippen LogP contribution in [0.4, 0.5) is 0 Å². The summed E-state index contributed by atoms with van der Waals surface area (Å²) in [5.74, 6) is 0. The predicted octanol–water partition coefficient (Wildman–Crippen LogP) is 2.84. The van der Waals surface area contributed by atoms with E-state index in [1.54, 1.807) is 0 Å². The Morgan fingerprint density at radius 3 is 1.64 bits per heavy atom. The Morgan fingerprint density at radius 2 is 1.18 bits per heavy atom. The summed E-state index contributed by atoms with van der Waals surface area (Å²) in [4.78, 5) is 0. The molecule has 1 heteroatoms. The second-order valence-electron chi connectivity index (χ2n) is 4.28. The minimum absolute atomic E-state index is 0.143. The van der Waals surface area contributed by atoms with E-state index in [0.29, 0.717) is 0 Å². The van der Waals surface area contributed by atoms with Gasteiger partial charge in [0, 0.05) is 5.54 Å². The molecule has 0 heterocycles. The summed E-state index contributed by atoms with van der Waals surface area (Å²) in [6, 6.07) is 0. The maximum Gasteiger partial charge on any atom is 0.0125 e. The van der Waals surface area contributed by atoms with Gasteiger partial charge in [-0.1, -0.05) is 38.5 Å². The van der Waals surface area contributed by atoms with Crippen LogP contribution in [-0.2, 0) is 0 Å². The van der Waals surface area contributed by atoms with Crippen molar-refractivity contribution in [2.75, 3.05) is 0 Å². The van der Waals surface area contributed by atoms with Gasteiger partial charge in [-0.05, 0) is 19.8 Å². The summed E-state index contributed by atoms with van der Waals surface area (Å²) in [5, 5.41) is 0. The zero-order valence-electron chi connectivity index (χ0n) is 7.73. The van der Waals surface area contributed by atoms with Crippen molar-refractivity contribution in [2.45, 2.75) is 63.8 Å². The van der Waals surface area contributed by atoms with E-state index in [-0.39, 0.29) is 5.54 Å². The average molecular weight is 155 g/mol. The van der Waals surface area contributed by atoms with E-state index in [1.165, 1.54) is 51.4 Å². The molecule has 1 aliphatic carbocycles. The van der Waals surface area contributed by atoms with Gasteiger partial charge in [0.1, 0.15) is 0 Å². The quantitative estimate of drug-likeness (QED) is 0.572. The van der Waals surface area contributed by atoms with Crippen LogP contribution in [0.2, 0.25) is 0 Å². The molecule has 0 saturated heterocycles. The van der Waals surface area contributed by atoms with Gasteiger partial charge in [0.05, 0.1) is 0 Å². The van der Waals surface area contributed by atoms with Crippen LogP contribution in [-0.4, -0.2) is 5.54 Å². The van der Waals surface area contributed by atoms with Crippen molar-refractivity contribution >= 4 is 0 Å². The Bertz CT molecular complexity index is 95.4. The van der Waals surface area contributed by atoms with Crippen molar-refractivity contribution in [1.82, 2.24) is 0 Å². The molecule has 1 rings (SSSR count). The van der Waals surface area contributed by atoms with Gasteiger partial charge in [-0.25, -0.2) is 0 Å². The molecule has 1 saturated carbocycles. The number of rotatable bonds is 0. The maximum atomic E-state index is 6.12. The number of hydrogen-bond acceptors (Lipinski definition) is 1. The monoisotopic (exact) mass is 155 g/mol. The number of nitrogens with two attached hydrogens (primary N) is 1. The smallest absolute Gasteiger partial charge is 0.0125 e. The van der Waals surface area contributed by atoms with E-state index >= 15 is 0 Å². The Morgan fingerprint density at radius 1 is 0.818 bits per heavy atom. The standard InChI is InChI=1S/C10H21N/c1-10(11)8-6-4-2-3-5-7-9-10/h2-9,11H2,1H3. The first-order valence-corrected chi connectivity index (χ1v) is 5.00. The summed E-state index contributed by atoms with van der Waals surface area (Å²) in [7, 11) is 0. The molecule has 0 spiro atoms. The van der Waals surface area contributed by atoms with Gasteiger partial charge in [-0.15, -0.1) is 0 Å². The molecule has 66 valence electrons. The van der Waals surface area contributed by atoms with E-state index in [4.69, 9.17) is 5.73 Å². The van der Waals surface area contributed by atoms with Crippen molar-refractivity contribution in [3.63, 3.8) is 0 Å². The summed E-state index contributed by atoms with van der Waals surface area (Å²) < 4.78 is 0. The summed E-state index contributed by atoms with van der Waals surface area (Å²) in [5.41, 5.74) is 6.26. The van der Waals surface area contributed by atoms with E-state index in [2.05, 4.69) is 6.92 Å². The van der Waals surface area contributed by atoms with E-state index in [0.717, 1.165) is 0 Å². The SMILES string of the molecule is CC1(N)CCCCCCCC1. The molecule has 11 heavy (non-hydrogen) atoms. The van der Waals surface area contributed by atoms with Crippen molar-refractivity contribution in [3.8, 4) is 0 Å². The van der Waals surface area contributed by atoms with E-state index in [1.807, 2.05) is 0 Å². The summed E-state index contributed by atoms with van der Waals surface area (Å²) >= 11 is 0. The van der Waals surface area contributed by atoms with Crippen LogP contribution in [0.15, 0.2) is 0 Å². The van der Waals surface area contributed by atoms with Crippen LogP contribution in [0, 0.1) is 0 Å². The highest BCUT2D eigenvalue weighted by Crippen LogP contribution is 2.22. The van der Waals surface area contributed by atoms with Crippen molar-refractivity contribution in [1.29, 1.82) is 0 Å². The molecule has 0 bridgehead atoms. The summed E-state index contributed by atoms with van der Waals surface area (Å²) in [6.07, 6.45) is 10.8. The lowest BCUT2D eigenvalue weighted by Gasteiger charge is -2.23. The topological polar surface area (TPSA) is 26.0 Å². The molecule has 1 fully saturated rings. The van der Waals surface area contributed by atoms with E-state index < -0.39 is 0 Å². The fraction of sp³-hybridized carbons (Fsp3) is 1.00. The molecule has 0 radical (unpaired) electrons. The lowest BCUT2D eigenvalue weighted by Crippen LogP contribution is -2.35. The average Bonchev–Trinajstić information content (AvgIpc) is 2.00. The van der Waals surface area contributed by atoms with Crippen LogP contribution >= 0.6 is 0 Å². The molecule has 2 N–H and O–H groups in total. The van der Waals surface area contributed by atoms with Gasteiger partial charge in [0.15, 0.2) is 0 Å². The molecule has 1 nitrogen and oxygen atoms in total. The first kappa shape index (κ1) is 9.05. The van der Waals surface area contributed by atoms with Crippen molar-refractivity contribution < 1.29 is 0 Å². The van der Waals surface area contributed by atoms with Gasteiger partial charge < -0.3 is 5.73 Å². The molecule has 0 aliphatic heterocycles. The minimum atomic E-state index is 0.143. The zero-order valence-corrected chi connectivity index (χ0v) is 7.73. The van der Waals surface area contributed by atoms with Crippen LogP contribution < -0.4 is 5.73 Å². The molecular formula is C10H21N. The second kappa shape index (κ2) is 4.10. The molecule has 0 aromatic heterocycles. The third-order valence-electron chi connectivity index (χ3n) is 2.75. The lowest BCUT2D eigenvalue weighted by molar-refractivity contribution is 0.382. The van der Waals surface area contributed by atoms with Gasteiger partial charge in [-0.2, -0.15) is 0 Å². The van der Waals surface area contributed by atoms with Crippen LogP contribution in [0.3, 0.4) is 0 Å². The predicted molar refractivity (Wildman–Crippen MR) is 49.5 cm³/mol. The highest BCUT2D eigenvalue weighted by Gasteiger charge is 2.17. The minimum Gasteiger partial charge on any atom is -0.325 e.